The van der Waals surface area contributed by atoms with Gasteiger partial charge in [0.1, 0.15) is 6.04 Å². The SMILES string of the molecule is Cc1cccc(C)c1NC(=O)c1cccc(NC(=O)[C@H](C)n2cccc2)c1. The van der Waals surface area contributed by atoms with Crippen molar-refractivity contribution >= 4 is 23.2 Å². The molecule has 5 nitrogen and oxygen atoms in total. The van der Waals surface area contributed by atoms with E-state index in [1.54, 1.807) is 24.3 Å². The maximum Gasteiger partial charge on any atom is 0.255 e. The summed E-state index contributed by atoms with van der Waals surface area (Å²) in [5.74, 6) is -0.347. The molecule has 0 aliphatic rings. The van der Waals surface area contributed by atoms with Crippen LogP contribution in [-0.4, -0.2) is 16.4 Å². The Kier molecular flexibility index (Phi) is 5.41. The first kappa shape index (κ1) is 18.5. The minimum absolute atomic E-state index is 0.140. The van der Waals surface area contributed by atoms with Gasteiger partial charge in [0.15, 0.2) is 0 Å². The Morgan fingerprint density at radius 3 is 2.19 bits per heavy atom. The van der Waals surface area contributed by atoms with E-state index in [1.807, 2.05) is 68.1 Å². The summed E-state index contributed by atoms with van der Waals surface area (Å²) in [6.45, 7) is 5.75. The van der Waals surface area contributed by atoms with Crippen LogP contribution in [0, 0.1) is 13.8 Å². The van der Waals surface area contributed by atoms with E-state index in [0.29, 0.717) is 11.3 Å². The number of carbonyl (C=O) groups excluding carboxylic acids is 2. The van der Waals surface area contributed by atoms with E-state index in [4.69, 9.17) is 0 Å². The number of nitrogens with zero attached hydrogens (tertiary/aromatic N) is 1. The van der Waals surface area contributed by atoms with Gasteiger partial charge in [-0.15, -0.1) is 0 Å². The fourth-order valence-electron chi connectivity index (χ4n) is 2.92. The number of hydrogen-bond donors (Lipinski definition) is 2. The minimum atomic E-state index is -0.341. The Morgan fingerprint density at radius 2 is 1.52 bits per heavy atom. The van der Waals surface area contributed by atoms with E-state index in [-0.39, 0.29) is 17.9 Å². The summed E-state index contributed by atoms with van der Waals surface area (Å²) in [6, 6.07) is 16.2. The second-order valence-electron chi connectivity index (χ2n) is 6.60. The van der Waals surface area contributed by atoms with Crippen molar-refractivity contribution in [2.75, 3.05) is 10.6 Å². The molecule has 0 aliphatic heterocycles. The molecule has 0 bridgehead atoms. The van der Waals surface area contributed by atoms with E-state index < -0.39 is 0 Å². The van der Waals surface area contributed by atoms with Gasteiger partial charge < -0.3 is 15.2 Å². The van der Waals surface area contributed by atoms with Crippen LogP contribution in [0.4, 0.5) is 11.4 Å². The first-order valence-electron chi connectivity index (χ1n) is 8.86. The largest absolute Gasteiger partial charge is 0.342 e. The number of benzene rings is 2. The zero-order valence-corrected chi connectivity index (χ0v) is 15.7. The second kappa shape index (κ2) is 7.91. The number of anilines is 2. The molecule has 2 amide bonds. The molecule has 1 atom stereocenters. The molecular formula is C22H23N3O2. The third kappa shape index (κ3) is 4.26. The third-order valence-electron chi connectivity index (χ3n) is 4.57. The van der Waals surface area contributed by atoms with Gasteiger partial charge in [0.05, 0.1) is 0 Å². The highest BCUT2D eigenvalue weighted by Gasteiger charge is 2.15. The lowest BCUT2D eigenvalue weighted by molar-refractivity contribution is -0.118. The summed E-state index contributed by atoms with van der Waals surface area (Å²) >= 11 is 0. The second-order valence-corrected chi connectivity index (χ2v) is 6.60. The number of rotatable bonds is 5. The maximum atomic E-state index is 12.6. The van der Waals surface area contributed by atoms with Gasteiger partial charge in [0, 0.05) is 29.3 Å². The highest BCUT2D eigenvalue weighted by molar-refractivity contribution is 6.06. The van der Waals surface area contributed by atoms with Crippen molar-refractivity contribution in [3.05, 3.63) is 83.7 Å². The fourth-order valence-corrected chi connectivity index (χ4v) is 2.92. The van der Waals surface area contributed by atoms with Crippen LogP contribution in [0.3, 0.4) is 0 Å². The predicted molar refractivity (Wildman–Crippen MR) is 108 cm³/mol. The molecule has 138 valence electrons. The fraction of sp³-hybridized carbons (Fsp3) is 0.182. The number of amides is 2. The molecule has 0 aliphatic carbocycles. The Hall–Kier alpha value is -3.34. The van der Waals surface area contributed by atoms with E-state index >= 15 is 0 Å². The zero-order chi connectivity index (χ0) is 19.4. The molecular weight excluding hydrogens is 338 g/mol. The van der Waals surface area contributed by atoms with Gasteiger partial charge in [-0.2, -0.15) is 0 Å². The Bertz CT molecular complexity index is 941. The zero-order valence-electron chi connectivity index (χ0n) is 15.7. The van der Waals surface area contributed by atoms with Gasteiger partial charge in [-0.25, -0.2) is 0 Å². The van der Waals surface area contributed by atoms with Gasteiger partial charge >= 0.3 is 0 Å². The van der Waals surface area contributed by atoms with Crippen molar-refractivity contribution in [3.63, 3.8) is 0 Å². The van der Waals surface area contributed by atoms with Gasteiger partial charge in [-0.3, -0.25) is 9.59 Å². The number of aryl methyl sites for hydroxylation is 2. The van der Waals surface area contributed by atoms with Crippen LogP contribution in [0.5, 0.6) is 0 Å². The van der Waals surface area contributed by atoms with Crippen LogP contribution in [0.1, 0.15) is 34.5 Å². The number of para-hydroxylation sites is 1. The normalized spacial score (nSPS) is 11.7. The van der Waals surface area contributed by atoms with Crippen LogP contribution < -0.4 is 10.6 Å². The Balaban J connectivity index is 1.73. The highest BCUT2D eigenvalue weighted by Crippen LogP contribution is 2.21. The number of aromatic nitrogens is 1. The molecule has 27 heavy (non-hydrogen) atoms. The van der Waals surface area contributed by atoms with E-state index in [2.05, 4.69) is 10.6 Å². The van der Waals surface area contributed by atoms with Crippen molar-refractivity contribution in [2.45, 2.75) is 26.8 Å². The van der Waals surface area contributed by atoms with E-state index in [0.717, 1.165) is 16.8 Å². The van der Waals surface area contributed by atoms with Crippen molar-refractivity contribution in [3.8, 4) is 0 Å². The number of nitrogens with one attached hydrogen (secondary N) is 2. The lowest BCUT2D eigenvalue weighted by Crippen LogP contribution is -2.23. The smallest absolute Gasteiger partial charge is 0.255 e. The van der Waals surface area contributed by atoms with Crippen LogP contribution in [0.25, 0.3) is 0 Å². The van der Waals surface area contributed by atoms with Gasteiger partial charge in [0.2, 0.25) is 5.91 Å². The summed E-state index contributed by atoms with van der Waals surface area (Å²) < 4.78 is 1.83. The lowest BCUT2D eigenvalue weighted by atomic mass is 10.1. The molecule has 0 spiro atoms. The standard InChI is InChI=1S/C22H23N3O2/c1-15-8-6-9-16(2)20(15)24-22(27)18-10-7-11-19(14-18)23-21(26)17(3)25-12-4-5-13-25/h4-14,17H,1-3H3,(H,23,26)(H,24,27)/t17-/m0/s1. The first-order valence-corrected chi connectivity index (χ1v) is 8.86. The van der Waals surface area contributed by atoms with Crippen molar-refractivity contribution < 1.29 is 9.59 Å². The molecule has 2 aromatic carbocycles. The molecule has 0 radical (unpaired) electrons. The van der Waals surface area contributed by atoms with Crippen LogP contribution >= 0.6 is 0 Å². The van der Waals surface area contributed by atoms with Crippen molar-refractivity contribution in [2.24, 2.45) is 0 Å². The number of hydrogen-bond acceptors (Lipinski definition) is 2. The molecule has 1 heterocycles. The summed E-state index contributed by atoms with van der Waals surface area (Å²) in [6.07, 6.45) is 3.69. The minimum Gasteiger partial charge on any atom is -0.342 e. The van der Waals surface area contributed by atoms with Crippen LogP contribution in [0.15, 0.2) is 67.0 Å². The maximum absolute atomic E-state index is 12.6. The monoisotopic (exact) mass is 361 g/mol. The molecule has 0 saturated carbocycles. The molecule has 5 heteroatoms. The van der Waals surface area contributed by atoms with Crippen molar-refractivity contribution in [1.82, 2.24) is 4.57 Å². The predicted octanol–water partition coefficient (Wildman–Crippen LogP) is 4.56. The summed E-state index contributed by atoms with van der Waals surface area (Å²) in [7, 11) is 0. The van der Waals surface area contributed by atoms with Crippen molar-refractivity contribution in [1.29, 1.82) is 0 Å². The van der Waals surface area contributed by atoms with Gasteiger partial charge in [0.25, 0.3) is 5.91 Å². The van der Waals surface area contributed by atoms with E-state index in [1.165, 1.54) is 0 Å². The van der Waals surface area contributed by atoms with Gasteiger partial charge in [-0.1, -0.05) is 24.3 Å². The molecule has 0 fully saturated rings. The summed E-state index contributed by atoms with van der Waals surface area (Å²) in [4.78, 5) is 25.1. The molecule has 0 unspecified atom stereocenters. The summed E-state index contributed by atoms with van der Waals surface area (Å²) in [5.41, 5.74) is 3.91. The van der Waals surface area contributed by atoms with Gasteiger partial charge in [-0.05, 0) is 62.2 Å². The molecule has 3 aromatic rings. The highest BCUT2D eigenvalue weighted by atomic mass is 16.2. The number of carbonyl (C=O) groups is 2. The average molecular weight is 361 g/mol. The topological polar surface area (TPSA) is 63.1 Å². The van der Waals surface area contributed by atoms with Crippen LogP contribution in [-0.2, 0) is 4.79 Å². The summed E-state index contributed by atoms with van der Waals surface area (Å²) in [5, 5.41) is 5.84. The molecule has 1 aromatic heterocycles. The Morgan fingerprint density at radius 1 is 0.889 bits per heavy atom. The van der Waals surface area contributed by atoms with Crippen LogP contribution in [0.2, 0.25) is 0 Å². The Labute approximate surface area is 159 Å². The average Bonchev–Trinajstić information content (AvgIpc) is 3.19. The quantitative estimate of drug-likeness (QED) is 0.700. The first-order chi connectivity index (χ1) is 13.0. The molecule has 2 N–H and O–H groups in total. The molecule has 0 saturated heterocycles. The van der Waals surface area contributed by atoms with E-state index in [9.17, 15) is 9.59 Å². The third-order valence-corrected chi connectivity index (χ3v) is 4.57. The lowest BCUT2D eigenvalue weighted by Gasteiger charge is -2.15. The molecule has 3 rings (SSSR count).